The van der Waals surface area contributed by atoms with Gasteiger partial charge in [0.1, 0.15) is 5.15 Å². The maximum absolute atomic E-state index is 5.83. The molecule has 2 aromatic rings. The fourth-order valence-corrected chi connectivity index (χ4v) is 1.34. The number of halogens is 1. The molecule has 0 spiro atoms. The number of aromatic amines is 1. The summed E-state index contributed by atoms with van der Waals surface area (Å²) in [7, 11) is 0. The molecule has 0 atom stereocenters. The van der Waals surface area contributed by atoms with Crippen LogP contribution in [0.15, 0.2) is 18.2 Å². The van der Waals surface area contributed by atoms with E-state index in [0.717, 1.165) is 16.5 Å². The molecule has 0 amide bonds. The van der Waals surface area contributed by atoms with Gasteiger partial charge in [-0.1, -0.05) is 23.7 Å². The van der Waals surface area contributed by atoms with Crippen molar-refractivity contribution in [2.24, 2.45) is 0 Å². The number of hydrogen-bond acceptors (Lipinski definition) is 1. The normalized spacial score (nSPS) is 10.7. The zero-order chi connectivity index (χ0) is 7.84. The summed E-state index contributed by atoms with van der Waals surface area (Å²) in [5.74, 6) is 0. The molecule has 0 saturated carbocycles. The van der Waals surface area contributed by atoms with Gasteiger partial charge in [0.2, 0.25) is 0 Å². The predicted octanol–water partition coefficient (Wildman–Crippen LogP) is 2.52. The standard InChI is InChI=1S/C8H7ClN2/c1-5-3-2-4-6-7(5)10-11-8(6)9/h2-4H,1H3,(H,10,11). The highest BCUT2D eigenvalue weighted by Gasteiger charge is 2.02. The molecule has 56 valence electrons. The van der Waals surface area contributed by atoms with E-state index in [1.165, 1.54) is 0 Å². The van der Waals surface area contributed by atoms with Gasteiger partial charge in [0, 0.05) is 5.39 Å². The molecule has 0 unspecified atom stereocenters. The molecule has 1 heterocycles. The summed E-state index contributed by atoms with van der Waals surface area (Å²) < 4.78 is 0. The topological polar surface area (TPSA) is 28.7 Å². The summed E-state index contributed by atoms with van der Waals surface area (Å²) in [4.78, 5) is 0. The van der Waals surface area contributed by atoms with Gasteiger partial charge in [-0.15, -0.1) is 0 Å². The van der Waals surface area contributed by atoms with Crippen LogP contribution in [-0.4, -0.2) is 10.2 Å². The van der Waals surface area contributed by atoms with Gasteiger partial charge in [-0.2, -0.15) is 5.10 Å². The Morgan fingerprint density at radius 1 is 1.45 bits per heavy atom. The number of nitrogens with zero attached hydrogens (tertiary/aromatic N) is 1. The number of aromatic nitrogens is 2. The first-order chi connectivity index (χ1) is 5.29. The third kappa shape index (κ3) is 0.906. The summed E-state index contributed by atoms with van der Waals surface area (Å²) in [6, 6.07) is 5.94. The lowest BCUT2D eigenvalue weighted by Crippen LogP contribution is -1.73. The van der Waals surface area contributed by atoms with E-state index in [2.05, 4.69) is 10.2 Å². The fraction of sp³-hybridized carbons (Fsp3) is 0.125. The Hall–Kier alpha value is -1.02. The Balaban J connectivity index is 2.94. The number of nitrogens with one attached hydrogen (secondary N) is 1. The van der Waals surface area contributed by atoms with E-state index >= 15 is 0 Å². The molecule has 1 N–H and O–H groups in total. The minimum absolute atomic E-state index is 0.615. The Morgan fingerprint density at radius 2 is 2.27 bits per heavy atom. The molecule has 0 aliphatic carbocycles. The molecule has 0 bridgehead atoms. The summed E-state index contributed by atoms with van der Waals surface area (Å²) in [6.07, 6.45) is 0. The quantitative estimate of drug-likeness (QED) is 0.640. The highest BCUT2D eigenvalue weighted by atomic mass is 35.5. The third-order valence-electron chi connectivity index (χ3n) is 1.74. The molecule has 0 fully saturated rings. The average molecular weight is 167 g/mol. The van der Waals surface area contributed by atoms with Crippen LogP contribution in [0.25, 0.3) is 10.9 Å². The van der Waals surface area contributed by atoms with Crippen LogP contribution in [-0.2, 0) is 0 Å². The Kier molecular flexibility index (Phi) is 1.36. The first-order valence-corrected chi connectivity index (χ1v) is 3.76. The van der Waals surface area contributed by atoms with Crippen molar-refractivity contribution in [3.63, 3.8) is 0 Å². The van der Waals surface area contributed by atoms with E-state index in [0.29, 0.717) is 5.15 Å². The van der Waals surface area contributed by atoms with E-state index in [4.69, 9.17) is 11.6 Å². The van der Waals surface area contributed by atoms with Crippen molar-refractivity contribution >= 4 is 22.5 Å². The SMILES string of the molecule is Cc1cccc2c(Cl)[nH]nc12. The number of para-hydroxylation sites is 1. The molecule has 3 heteroatoms. The average Bonchev–Trinajstić information content (AvgIpc) is 2.35. The van der Waals surface area contributed by atoms with Crippen LogP contribution in [0, 0.1) is 6.92 Å². The second-order valence-corrected chi connectivity index (χ2v) is 2.89. The Labute approximate surface area is 69.2 Å². The number of fused-ring (bicyclic) bond motifs is 1. The first-order valence-electron chi connectivity index (χ1n) is 3.38. The Bertz CT molecular complexity index is 392. The van der Waals surface area contributed by atoms with Gasteiger partial charge in [0.25, 0.3) is 0 Å². The number of benzene rings is 1. The van der Waals surface area contributed by atoms with Gasteiger partial charge in [0.05, 0.1) is 5.52 Å². The Morgan fingerprint density at radius 3 is 3.00 bits per heavy atom. The minimum Gasteiger partial charge on any atom is -0.266 e. The van der Waals surface area contributed by atoms with Crippen LogP contribution in [0.4, 0.5) is 0 Å². The number of rotatable bonds is 0. The smallest absolute Gasteiger partial charge is 0.132 e. The largest absolute Gasteiger partial charge is 0.266 e. The number of aryl methyl sites for hydroxylation is 1. The van der Waals surface area contributed by atoms with Crippen molar-refractivity contribution < 1.29 is 0 Å². The van der Waals surface area contributed by atoms with Crippen LogP contribution < -0.4 is 0 Å². The number of H-pyrrole nitrogens is 1. The molecule has 0 aliphatic rings. The molecule has 1 aromatic carbocycles. The lowest BCUT2D eigenvalue weighted by molar-refractivity contribution is 1.11. The van der Waals surface area contributed by atoms with Gasteiger partial charge in [-0.25, -0.2) is 0 Å². The van der Waals surface area contributed by atoms with Crippen LogP contribution in [0.5, 0.6) is 0 Å². The van der Waals surface area contributed by atoms with Gasteiger partial charge in [-0.05, 0) is 18.6 Å². The van der Waals surface area contributed by atoms with Crippen LogP contribution in [0.3, 0.4) is 0 Å². The first kappa shape index (κ1) is 6.68. The summed E-state index contributed by atoms with van der Waals surface area (Å²) in [5.41, 5.74) is 2.10. The molecule has 11 heavy (non-hydrogen) atoms. The van der Waals surface area contributed by atoms with E-state index in [1.54, 1.807) is 0 Å². The molecule has 0 aliphatic heterocycles. The van der Waals surface area contributed by atoms with Crippen molar-refractivity contribution in [1.29, 1.82) is 0 Å². The molecule has 2 rings (SSSR count). The molecule has 2 nitrogen and oxygen atoms in total. The van der Waals surface area contributed by atoms with Crippen molar-refractivity contribution in [3.8, 4) is 0 Å². The van der Waals surface area contributed by atoms with Gasteiger partial charge in [-0.3, -0.25) is 5.10 Å². The zero-order valence-electron chi connectivity index (χ0n) is 6.06. The van der Waals surface area contributed by atoms with Crippen LogP contribution in [0.1, 0.15) is 5.56 Å². The lowest BCUT2D eigenvalue weighted by Gasteiger charge is -1.90. The van der Waals surface area contributed by atoms with Crippen molar-refractivity contribution in [2.45, 2.75) is 6.92 Å². The maximum Gasteiger partial charge on any atom is 0.132 e. The zero-order valence-corrected chi connectivity index (χ0v) is 6.81. The van der Waals surface area contributed by atoms with Crippen LogP contribution in [0.2, 0.25) is 5.15 Å². The van der Waals surface area contributed by atoms with Crippen molar-refractivity contribution in [3.05, 3.63) is 28.9 Å². The van der Waals surface area contributed by atoms with Gasteiger partial charge in [0.15, 0.2) is 0 Å². The van der Waals surface area contributed by atoms with E-state index < -0.39 is 0 Å². The van der Waals surface area contributed by atoms with E-state index in [9.17, 15) is 0 Å². The summed E-state index contributed by atoms with van der Waals surface area (Å²) in [5, 5.41) is 8.40. The second-order valence-electron chi connectivity index (χ2n) is 2.51. The van der Waals surface area contributed by atoms with Crippen molar-refractivity contribution in [2.75, 3.05) is 0 Å². The van der Waals surface area contributed by atoms with Crippen molar-refractivity contribution in [1.82, 2.24) is 10.2 Å². The molecular formula is C8H7ClN2. The molecule has 0 saturated heterocycles. The predicted molar refractivity (Wildman–Crippen MR) is 45.8 cm³/mol. The second kappa shape index (κ2) is 2.24. The van der Waals surface area contributed by atoms with Gasteiger partial charge < -0.3 is 0 Å². The summed E-state index contributed by atoms with van der Waals surface area (Å²) >= 11 is 5.83. The minimum atomic E-state index is 0.615. The van der Waals surface area contributed by atoms with Gasteiger partial charge >= 0.3 is 0 Å². The van der Waals surface area contributed by atoms with Crippen LogP contribution >= 0.6 is 11.6 Å². The summed E-state index contributed by atoms with van der Waals surface area (Å²) in [6.45, 7) is 2.01. The monoisotopic (exact) mass is 166 g/mol. The highest BCUT2D eigenvalue weighted by Crippen LogP contribution is 2.21. The maximum atomic E-state index is 5.83. The molecule has 1 aromatic heterocycles. The molecular weight excluding hydrogens is 160 g/mol. The third-order valence-corrected chi connectivity index (χ3v) is 2.03. The fourth-order valence-electron chi connectivity index (χ4n) is 1.15. The molecule has 0 radical (unpaired) electrons. The van der Waals surface area contributed by atoms with E-state index in [1.807, 2.05) is 25.1 Å². The number of hydrogen-bond donors (Lipinski definition) is 1. The highest BCUT2D eigenvalue weighted by molar-refractivity contribution is 6.34. The van der Waals surface area contributed by atoms with E-state index in [-0.39, 0.29) is 0 Å². The lowest BCUT2D eigenvalue weighted by atomic mass is 10.2.